The second-order valence-electron chi connectivity index (χ2n) is 5.81. The van der Waals surface area contributed by atoms with Gasteiger partial charge in [0.15, 0.2) is 0 Å². The predicted octanol–water partition coefficient (Wildman–Crippen LogP) is 3.27. The van der Waals surface area contributed by atoms with Crippen LogP contribution in [0.3, 0.4) is 0 Å². The van der Waals surface area contributed by atoms with Crippen molar-refractivity contribution in [3.05, 3.63) is 22.4 Å². The molecule has 3 rings (SSSR count). The Labute approximate surface area is 114 Å². The molecule has 100 valence electrons. The van der Waals surface area contributed by atoms with Crippen LogP contribution in [0.1, 0.15) is 43.5 Å². The largest absolute Gasteiger partial charge is 0.317 e. The zero-order chi connectivity index (χ0) is 12.4. The number of hydrogen-bond acceptors (Lipinski definition) is 3. The van der Waals surface area contributed by atoms with Crippen LogP contribution in [0.5, 0.6) is 0 Å². The third kappa shape index (κ3) is 2.95. The van der Waals surface area contributed by atoms with Crippen molar-refractivity contribution in [2.75, 3.05) is 19.6 Å². The third-order valence-corrected chi connectivity index (χ3v) is 5.44. The van der Waals surface area contributed by atoms with E-state index in [-0.39, 0.29) is 0 Å². The standard InChI is InChI=1S/C15H24N2S/c1-12(15-3-2-10-18-15)17(14-4-5-14)11-13-6-8-16-9-7-13/h2-3,10,12-14,16H,4-9,11H2,1H3. The van der Waals surface area contributed by atoms with E-state index in [0.717, 1.165) is 12.0 Å². The first-order valence-electron chi connectivity index (χ1n) is 7.34. The Balaban J connectivity index is 1.64. The van der Waals surface area contributed by atoms with Gasteiger partial charge in [0.2, 0.25) is 0 Å². The van der Waals surface area contributed by atoms with Crippen molar-refractivity contribution in [1.29, 1.82) is 0 Å². The van der Waals surface area contributed by atoms with E-state index in [9.17, 15) is 0 Å². The molecule has 2 heterocycles. The van der Waals surface area contributed by atoms with Crippen LogP contribution in [0.4, 0.5) is 0 Å². The molecule has 3 heteroatoms. The summed E-state index contributed by atoms with van der Waals surface area (Å²) in [5.74, 6) is 0.911. The topological polar surface area (TPSA) is 15.3 Å². The molecule has 0 spiro atoms. The Morgan fingerprint density at radius 1 is 1.33 bits per heavy atom. The fourth-order valence-corrected chi connectivity index (χ4v) is 3.89. The Hall–Kier alpha value is -0.380. The second kappa shape index (κ2) is 5.72. The number of rotatable bonds is 5. The normalized spacial score (nSPS) is 23.4. The van der Waals surface area contributed by atoms with Gasteiger partial charge >= 0.3 is 0 Å². The number of nitrogens with one attached hydrogen (secondary N) is 1. The van der Waals surface area contributed by atoms with Gasteiger partial charge in [-0.2, -0.15) is 0 Å². The van der Waals surface area contributed by atoms with Crippen LogP contribution in [-0.4, -0.2) is 30.6 Å². The zero-order valence-electron chi connectivity index (χ0n) is 11.3. The average molecular weight is 264 g/mol. The van der Waals surface area contributed by atoms with Gasteiger partial charge in [0, 0.05) is 23.5 Å². The van der Waals surface area contributed by atoms with Crippen LogP contribution in [0, 0.1) is 5.92 Å². The van der Waals surface area contributed by atoms with Gasteiger partial charge in [-0.15, -0.1) is 11.3 Å². The molecular weight excluding hydrogens is 240 g/mol. The van der Waals surface area contributed by atoms with Gasteiger partial charge in [0.05, 0.1) is 0 Å². The first kappa shape index (κ1) is 12.6. The molecule has 1 aliphatic heterocycles. The molecule has 1 aromatic rings. The molecule has 0 amide bonds. The minimum atomic E-state index is 0.618. The zero-order valence-corrected chi connectivity index (χ0v) is 12.1. The van der Waals surface area contributed by atoms with Crippen molar-refractivity contribution in [1.82, 2.24) is 10.2 Å². The number of hydrogen-bond donors (Lipinski definition) is 1. The lowest BCUT2D eigenvalue weighted by molar-refractivity contribution is 0.154. The van der Waals surface area contributed by atoms with E-state index in [1.165, 1.54) is 50.2 Å². The minimum Gasteiger partial charge on any atom is -0.317 e. The summed E-state index contributed by atoms with van der Waals surface area (Å²) >= 11 is 1.91. The quantitative estimate of drug-likeness (QED) is 0.878. The van der Waals surface area contributed by atoms with E-state index in [1.54, 1.807) is 0 Å². The van der Waals surface area contributed by atoms with Crippen LogP contribution in [0.25, 0.3) is 0 Å². The Morgan fingerprint density at radius 3 is 2.72 bits per heavy atom. The summed E-state index contributed by atoms with van der Waals surface area (Å²) in [5, 5.41) is 5.68. The van der Waals surface area contributed by atoms with Gasteiger partial charge in [-0.25, -0.2) is 0 Å². The Kier molecular flexibility index (Phi) is 4.02. The van der Waals surface area contributed by atoms with Gasteiger partial charge in [-0.1, -0.05) is 6.07 Å². The van der Waals surface area contributed by atoms with E-state index < -0.39 is 0 Å². The highest BCUT2D eigenvalue weighted by Crippen LogP contribution is 2.37. The molecule has 0 bridgehead atoms. The summed E-state index contributed by atoms with van der Waals surface area (Å²) in [7, 11) is 0. The highest BCUT2D eigenvalue weighted by molar-refractivity contribution is 7.10. The Bertz CT molecular complexity index is 353. The highest BCUT2D eigenvalue weighted by Gasteiger charge is 2.34. The molecule has 2 aliphatic rings. The lowest BCUT2D eigenvalue weighted by atomic mass is 9.96. The molecule has 1 N–H and O–H groups in total. The number of nitrogens with zero attached hydrogens (tertiary/aromatic N) is 1. The summed E-state index contributed by atoms with van der Waals surface area (Å²) in [4.78, 5) is 4.32. The molecule has 0 aromatic carbocycles. The summed E-state index contributed by atoms with van der Waals surface area (Å²) in [6.45, 7) is 6.14. The predicted molar refractivity (Wildman–Crippen MR) is 78.1 cm³/mol. The lowest BCUT2D eigenvalue weighted by Crippen LogP contribution is -2.38. The van der Waals surface area contributed by atoms with Crippen LogP contribution < -0.4 is 5.32 Å². The molecule has 1 aromatic heterocycles. The van der Waals surface area contributed by atoms with Gasteiger partial charge in [0.1, 0.15) is 0 Å². The van der Waals surface area contributed by atoms with Crippen LogP contribution in [0.15, 0.2) is 17.5 Å². The first-order chi connectivity index (χ1) is 8.84. The van der Waals surface area contributed by atoms with Crippen molar-refractivity contribution in [3.8, 4) is 0 Å². The summed E-state index contributed by atoms with van der Waals surface area (Å²) in [5.41, 5.74) is 0. The maximum Gasteiger partial charge on any atom is 0.0416 e. The molecule has 18 heavy (non-hydrogen) atoms. The maximum atomic E-state index is 3.47. The molecule has 1 atom stereocenters. The van der Waals surface area contributed by atoms with E-state index in [0.29, 0.717) is 6.04 Å². The molecule has 1 saturated heterocycles. The van der Waals surface area contributed by atoms with Crippen molar-refractivity contribution in [3.63, 3.8) is 0 Å². The average Bonchev–Trinajstić information content (AvgIpc) is 3.10. The second-order valence-corrected chi connectivity index (χ2v) is 6.79. The highest BCUT2D eigenvalue weighted by atomic mass is 32.1. The van der Waals surface area contributed by atoms with Gasteiger partial charge < -0.3 is 5.32 Å². The van der Waals surface area contributed by atoms with Gasteiger partial charge in [-0.3, -0.25) is 4.90 Å². The van der Waals surface area contributed by atoms with Gasteiger partial charge in [0.25, 0.3) is 0 Å². The van der Waals surface area contributed by atoms with Crippen LogP contribution in [-0.2, 0) is 0 Å². The molecule has 2 nitrogen and oxygen atoms in total. The van der Waals surface area contributed by atoms with Crippen molar-refractivity contribution >= 4 is 11.3 Å². The molecular formula is C15H24N2S. The van der Waals surface area contributed by atoms with Gasteiger partial charge in [-0.05, 0) is 63.1 Å². The molecule has 1 unspecified atom stereocenters. The van der Waals surface area contributed by atoms with Crippen LogP contribution >= 0.6 is 11.3 Å². The summed E-state index contributed by atoms with van der Waals surface area (Å²) < 4.78 is 0. The van der Waals surface area contributed by atoms with Crippen molar-refractivity contribution < 1.29 is 0 Å². The monoisotopic (exact) mass is 264 g/mol. The Morgan fingerprint density at radius 2 is 2.11 bits per heavy atom. The number of piperidine rings is 1. The van der Waals surface area contributed by atoms with Crippen molar-refractivity contribution in [2.45, 2.75) is 44.7 Å². The fraction of sp³-hybridized carbons (Fsp3) is 0.733. The smallest absolute Gasteiger partial charge is 0.0416 e. The van der Waals surface area contributed by atoms with E-state index in [2.05, 4.69) is 34.7 Å². The maximum absolute atomic E-state index is 3.47. The first-order valence-corrected chi connectivity index (χ1v) is 8.22. The molecule has 2 fully saturated rings. The molecule has 0 radical (unpaired) electrons. The fourth-order valence-electron chi connectivity index (χ4n) is 3.08. The third-order valence-electron chi connectivity index (χ3n) is 4.40. The van der Waals surface area contributed by atoms with Crippen LogP contribution in [0.2, 0.25) is 0 Å². The minimum absolute atomic E-state index is 0.618. The van der Waals surface area contributed by atoms with E-state index in [4.69, 9.17) is 0 Å². The summed E-state index contributed by atoms with van der Waals surface area (Å²) in [6.07, 6.45) is 5.56. The van der Waals surface area contributed by atoms with Crippen molar-refractivity contribution in [2.24, 2.45) is 5.92 Å². The SMILES string of the molecule is CC(c1cccs1)N(CC1CCNCC1)C1CC1. The number of thiophene rings is 1. The molecule has 1 saturated carbocycles. The lowest BCUT2D eigenvalue weighted by Gasteiger charge is -2.34. The summed E-state index contributed by atoms with van der Waals surface area (Å²) in [6, 6.07) is 5.98. The van der Waals surface area contributed by atoms with E-state index >= 15 is 0 Å². The molecule has 1 aliphatic carbocycles. The van der Waals surface area contributed by atoms with E-state index in [1.807, 2.05) is 11.3 Å².